The first-order valence-corrected chi connectivity index (χ1v) is 11.5. The van der Waals surface area contributed by atoms with Gasteiger partial charge in [0.2, 0.25) is 5.91 Å². The Bertz CT molecular complexity index is 1290. The highest BCUT2D eigenvalue weighted by Crippen LogP contribution is 2.38. The maximum Gasteiger partial charge on any atom is 0.304 e. The number of hydrogen-bond donors (Lipinski definition) is 1. The van der Waals surface area contributed by atoms with E-state index in [0.29, 0.717) is 30.0 Å². The van der Waals surface area contributed by atoms with Crippen LogP contribution in [0.3, 0.4) is 0 Å². The van der Waals surface area contributed by atoms with Crippen LogP contribution in [-0.4, -0.2) is 41.4 Å². The molecule has 2 amide bonds. The van der Waals surface area contributed by atoms with Crippen LogP contribution >= 0.6 is 0 Å². The summed E-state index contributed by atoms with van der Waals surface area (Å²) in [5, 5.41) is 7.48. The molecule has 36 heavy (non-hydrogen) atoms. The molecule has 9 heteroatoms. The van der Waals surface area contributed by atoms with E-state index in [1.165, 1.54) is 21.7 Å². The second-order valence-corrected chi connectivity index (χ2v) is 8.48. The molecule has 0 unspecified atom stereocenters. The molecular formula is C27H27FN4O4. The third-order valence-electron chi connectivity index (χ3n) is 6.44. The molecule has 0 spiro atoms. The van der Waals surface area contributed by atoms with Crippen LogP contribution < -0.4 is 19.7 Å². The minimum atomic E-state index is -1.19. The first-order chi connectivity index (χ1) is 17.4. The van der Waals surface area contributed by atoms with E-state index in [0.717, 1.165) is 18.4 Å². The van der Waals surface area contributed by atoms with Gasteiger partial charge in [-0.25, -0.2) is 9.07 Å². The molecule has 0 radical (unpaired) electrons. The van der Waals surface area contributed by atoms with Gasteiger partial charge in [0.15, 0.2) is 5.82 Å². The Labute approximate surface area is 209 Å². The zero-order valence-electron chi connectivity index (χ0n) is 20.2. The molecule has 1 heterocycles. The van der Waals surface area contributed by atoms with Crippen molar-refractivity contribution >= 4 is 17.6 Å². The van der Waals surface area contributed by atoms with Crippen LogP contribution in [0.15, 0.2) is 54.7 Å². The summed E-state index contributed by atoms with van der Waals surface area (Å²) in [5.74, 6) is 2.27. The number of methoxy groups -OCH3 is 2. The van der Waals surface area contributed by atoms with Crippen LogP contribution in [0.2, 0.25) is 0 Å². The summed E-state index contributed by atoms with van der Waals surface area (Å²) in [4.78, 5) is 28.0. The second-order valence-electron chi connectivity index (χ2n) is 8.48. The number of halogens is 1. The summed E-state index contributed by atoms with van der Waals surface area (Å²) in [6.07, 6.45) is 9.56. The van der Waals surface area contributed by atoms with Crippen LogP contribution in [-0.2, 0) is 16.1 Å². The molecule has 0 bridgehead atoms. The summed E-state index contributed by atoms with van der Waals surface area (Å²) in [6, 6.07) is 12.7. The topological polar surface area (TPSA) is 85.7 Å². The average Bonchev–Trinajstić information content (AvgIpc) is 3.59. The highest BCUT2D eigenvalue weighted by molar-refractivity contribution is 6.10. The number of benzene rings is 2. The SMILES string of the molecule is C#CC(=O)N(c1ccn(-c2ccc(F)cc2)n1)C1(C(=O)NCc2ccc(OC)cc2OC)CCCC1. The number of nitrogens with zero attached hydrogens (tertiary/aromatic N) is 3. The highest BCUT2D eigenvalue weighted by Gasteiger charge is 2.49. The molecule has 186 valence electrons. The van der Waals surface area contributed by atoms with E-state index in [9.17, 15) is 14.0 Å². The largest absolute Gasteiger partial charge is 0.497 e. The molecular weight excluding hydrogens is 463 g/mol. The van der Waals surface area contributed by atoms with Crippen molar-refractivity contribution in [1.29, 1.82) is 0 Å². The van der Waals surface area contributed by atoms with Crippen molar-refractivity contribution in [2.45, 2.75) is 37.8 Å². The third-order valence-corrected chi connectivity index (χ3v) is 6.44. The van der Waals surface area contributed by atoms with Gasteiger partial charge in [0, 0.05) is 30.4 Å². The molecule has 1 saturated carbocycles. The quantitative estimate of drug-likeness (QED) is 0.488. The van der Waals surface area contributed by atoms with E-state index in [1.807, 2.05) is 6.07 Å². The van der Waals surface area contributed by atoms with Crippen molar-refractivity contribution in [3.8, 4) is 29.5 Å². The molecule has 2 aromatic carbocycles. The number of carbonyl (C=O) groups excluding carboxylic acids is 2. The number of hydrogen-bond acceptors (Lipinski definition) is 5. The lowest BCUT2D eigenvalue weighted by Crippen LogP contribution is -2.59. The maximum absolute atomic E-state index is 13.7. The molecule has 1 fully saturated rings. The molecule has 0 saturated heterocycles. The standard InChI is InChI=1S/C27H27FN4O4/c1-4-25(33)32(24-13-16-31(30-24)21-10-8-20(28)9-11-21)27(14-5-6-15-27)26(34)29-18-19-7-12-22(35-2)17-23(19)36-3/h1,7-13,16-17H,5-6,14-15,18H2,2-3H3,(H,29,34). The Morgan fingerprint density at radius 2 is 1.86 bits per heavy atom. The van der Waals surface area contributed by atoms with Crippen molar-refractivity contribution in [3.63, 3.8) is 0 Å². The first-order valence-electron chi connectivity index (χ1n) is 11.5. The van der Waals surface area contributed by atoms with Gasteiger partial charge in [-0.05, 0) is 55.2 Å². The fourth-order valence-corrected chi connectivity index (χ4v) is 4.60. The van der Waals surface area contributed by atoms with Gasteiger partial charge in [-0.1, -0.05) is 12.8 Å². The van der Waals surface area contributed by atoms with E-state index in [-0.39, 0.29) is 24.1 Å². The minimum Gasteiger partial charge on any atom is -0.497 e. The predicted molar refractivity (Wildman–Crippen MR) is 132 cm³/mol. The average molecular weight is 491 g/mol. The van der Waals surface area contributed by atoms with Gasteiger partial charge in [0.1, 0.15) is 22.9 Å². The number of carbonyl (C=O) groups is 2. The van der Waals surface area contributed by atoms with Gasteiger partial charge in [0.25, 0.3) is 0 Å². The van der Waals surface area contributed by atoms with Crippen molar-refractivity contribution in [1.82, 2.24) is 15.1 Å². The maximum atomic E-state index is 13.7. The van der Waals surface area contributed by atoms with Crippen molar-refractivity contribution in [3.05, 3.63) is 66.1 Å². The van der Waals surface area contributed by atoms with E-state index in [4.69, 9.17) is 15.9 Å². The van der Waals surface area contributed by atoms with Crippen LogP contribution in [0.5, 0.6) is 11.5 Å². The Morgan fingerprint density at radius 1 is 1.14 bits per heavy atom. The zero-order chi connectivity index (χ0) is 25.7. The lowest BCUT2D eigenvalue weighted by Gasteiger charge is -2.37. The summed E-state index contributed by atoms with van der Waals surface area (Å²) in [5.41, 5.74) is 0.174. The molecule has 4 rings (SSSR count). The number of terminal acetylenes is 1. The lowest BCUT2D eigenvalue weighted by atomic mass is 9.93. The number of anilines is 1. The van der Waals surface area contributed by atoms with Gasteiger partial charge in [-0.3, -0.25) is 14.5 Å². The van der Waals surface area contributed by atoms with Crippen molar-refractivity contribution in [2.24, 2.45) is 0 Å². The monoisotopic (exact) mass is 490 g/mol. The molecule has 0 atom stereocenters. The summed E-state index contributed by atoms with van der Waals surface area (Å²) in [6.45, 7) is 0.190. The number of ether oxygens (including phenoxy) is 2. The summed E-state index contributed by atoms with van der Waals surface area (Å²) < 4.78 is 25.5. The van der Waals surface area contributed by atoms with Crippen molar-refractivity contribution in [2.75, 3.05) is 19.1 Å². The molecule has 1 aromatic heterocycles. The molecule has 3 aromatic rings. The third kappa shape index (κ3) is 4.75. The Balaban J connectivity index is 1.64. The van der Waals surface area contributed by atoms with Crippen LogP contribution in [0.4, 0.5) is 10.2 Å². The van der Waals surface area contributed by atoms with Gasteiger partial charge in [-0.15, -0.1) is 11.5 Å². The van der Waals surface area contributed by atoms with Gasteiger partial charge in [-0.2, -0.15) is 0 Å². The first kappa shape index (κ1) is 24.8. The molecule has 8 nitrogen and oxygen atoms in total. The molecule has 1 aliphatic rings. The smallest absolute Gasteiger partial charge is 0.304 e. The Hall–Kier alpha value is -4.32. The van der Waals surface area contributed by atoms with Gasteiger partial charge in [0.05, 0.1) is 19.9 Å². The van der Waals surface area contributed by atoms with Crippen molar-refractivity contribution < 1.29 is 23.5 Å². The molecule has 0 aliphatic heterocycles. The fraction of sp³-hybridized carbons (Fsp3) is 0.296. The zero-order valence-corrected chi connectivity index (χ0v) is 20.2. The second kappa shape index (κ2) is 10.5. The molecule has 1 aliphatic carbocycles. The Morgan fingerprint density at radius 3 is 2.50 bits per heavy atom. The van der Waals surface area contributed by atoms with Gasteiger partial charge >= 0.3 is 5.91 Å². The fourth-order valence-electron chi connectivity index (χ4n) is 4.60. The van der Waals surface area contributed by atoms with Crippen LogP contribution in [0.1, 0.15) is 31.2 Å². The van der Waals surface area contributed by atoms with Crippen LogP contribution in [0, 0.1) is 18.2 Å². The minimum absolute atomic E-state index is 0.190. The van der Waals surface area contributed by atoms with Crippen LogP contribution in [0.25, 0.3) is 5.69 Å². The van der Waals surface area contributed by atoms with E-state index in [2.05, 4.69) is 16.3 Å². The van der Waals surface area contributed by atoms with E-state index < -0.39 is 11.4 Å². The number of aromatic nitrogens is 2. The normalized spacial score (nSPS) is 14.1. The molecule has 1 N–H and O–H groups in total. The number of amides is 2. The predicted octanol–water partition coefficient (Wildman–Crippen LogP) is 3.62. The number of rotatable bonds is 8. The number of nitrogens with one attached hydrogen (secondary N) is 1. The lowest BCUT2D eigenvalue weighted by molar-refractivity contribution is -0.129. The van der Waals surface area contributed by atoms with Gasteiger partial charge < -0.3 is 14.8 Å². The summed E-state index contributed by atoms with van der Waals surface area (Å²) in [7, 11) is 3.11. The Kier molecular flexibility index (Phi) is 7.25. The highest BCUT2D eigenvalue weighted by atomic mass is 19.1. The van der Waals surface area contributed by atoms with E-state index >= 15 is 0 Å². The summed E-state index contributed by atoms with van der Waals surface area (Å²) >= 11 is 0. The van der Waals surface area contributed by atoms with E-state index in [1.54, 1.807) is 50.7 Å².